The maximum atomic E-state index is 9.77. The Morgan fingerprint density at radius 2 is 1.69 bits per heavy atom. The van der Waals surface area contributed by atoms with Gasteiger partial charge in [-0.25, -0.2) is 4.68 Å². The van der Waals surface area contributed by atoms with Gasteiger partial charge in [0.1, 0.15) is 11.6 Å². The quantitative estimate of drug-likeness (QED) is 0.718. The highest BCUT2D eigenvalue weighted by Gasteiger charge is 2.18. The van der Waals surface area contributed by atoms with Crippen molar-refractivity contribution >= 4 is 11.6 Å². The largest absolute Gasteiger partial charge is 0.383 e. The van der Waals surface area contributed by atoms with Crippen LogP contribution in [0.15, 0.2) is 72.4 Å². The predicted molar refractivity (Wildman–Crippen MR) is 105 cm³/mol. The smallest absolute Gasteiger partial charge is 0.146 e. The molecule has 0 aliphatic rings. The molecule has 5 heteroatoms. The summed E-state index contributed by atoms with van der Waals surface area (Å²) in [5.74, 6) is 1.19. The zero-order valence-electron chi connectivity index (χ0n) is 14.9. The average Bonchev–Trinajstić information content (AvgIpc) is 3.03. The number of rotatable bonds is 5. The molecule has 0 amide bonds. The van der Waals surface area contributed by atoms with Crippen LogP contribution < -0.4 is 5.73 Å². The Hall–Kier alpha value is -3.52. The summed E-state index contributed by atoms with van der Waals surface area (Å²) in [6.45, 7) is 0. The number of hydrogen-bond acceptors (Lipinski definition) is 4. The Morgan fingerprint density at radius 3 is 2.27 bits per heavy atom. The third-order valence-electron chi connectivity index (χ3n) is 4.14. The van der Waals surface area contributed by atoms with Gasteiger partial charge >= 0.3 is 0 Å². The van der Waals surface area contributed by atoms with E-state index < -0.39 is 0 Å². The third-order valence-corrected chi connectivity index (χ3v) is 4.14. The normalized spacial score (nSPS) is 11.6. The number of benzene rings is 2. The van der Waals surface area contributed by atoms with Crippen LogP contribution in [0.1, 0.15) is 5.56 Å². The number of aromatic nitrogens is 2. The lowest BCUT2D eigenvalue weighted by Crippen LogP contribution is -2.21. The Kier molecular flexibility index (Phi) is 5.04. The van der Waals surface area contributed by atoms with Gasteiger partial charge < -0.3 is 10.6 Å². The van der Waals surface area contributed by atoms with E-state index in [1.807, 2.05) is 79.7 Å². The first-order valence-electron chi connectivity index (χ1n) is 8.35. The molecule has 1 heterocycles. The fourth-order valence-corrected chi connectivity index (χ4v) is 2.92. The predicted octanol–water partition coefficient (Wildman–Crippen LogP) is 3.63. The number of nitrogen functional groups attached to an aromatic ring is 1. The Labute approximate surface area is 153 Å². The summed E-state index contributed by atoms with van der Waals surface area (Å²) in [6.07, 6.45) is 2.26. The fraction of sp³-hybridized carbons (Fsp3) is 0.143. The van der Waals surface area contributed by atoms with Crippen LogP contribution in [0.4, 0.5) is 5.82 Å². The standard InChI is InChI=1S/C21H21N5/c1-25(2)21(18(14-22)13-16-9-5-3-6-10-16)26-20(23)19(15-24-26)17-11-7-4-8-12-17/h3-12,15H,13,23H2,1-2H3. The highest BCUT2D eigenvalue weighted by Crippen LogP contribution is 2.29. The van der Waals surface area contributed by atoms with Crippen LogP contribution in [0.5, 0.6) is 0 Å². The van der Waals surface area contributed by atoms with E-state index in [1.54, 1.807) is 10.9 Å². The molecule has 2 aromatic carbocycles. The van der Waals surface area contributed by atoms with Crippen molar-refractivity contribution in [1.29, 1.82) is 5.26 Å². The fourth-order valence-electron chi connectivity index (χ4n) is 2.92. The molecule has 0 aliphatic heterocycles. The highest BCUT2D eigenvalue weighted by molar-refractivity contribution is 5.76. The van der Waals surface area contributed by atoms with E-state index >= 15 is 0 Å². The number of nitrogens with two attached hydrogens (primary N) is 1. The van der Waals surface area contributed by atoms with Crippen molar-refractivity contribution in [3.05, 3.63) is 78.0 Å². The number of hydrogen-bond donors (Lipinski definition) is 1. The van der Waals surface area contributed by atoms with E-state index in [1.165, 1.54) is 0 Å². The molecule has 0 saturated carbocycles. The second kappa shape index (κ2) is 7.58. The van der Waals surface area contributed by atoms with Gasteiger partial charge in [0.25, 0.3) is 0 Å². The summed E-state index contributed by atoms with van der Waals surface area (Å²) in [4.78, 5) is 1.87. The van der Waals surface area contributed by atoms with E-state index in [0.717, 1.165) is 16.7 Å². The molecule has 0 bridgehead atoms. The number of anilines is 1. The summed E-state index contributed by atoms with van der Waals surface area (Å²) in [7, 11) is 3.78. The molecule has 5 nitrogen and oxygen atoms in total. The van der Waals surface area contributed by atoms with Crippen molar-refractivity contribution in [2.24, 2.45) is 0 Å². The van der Waals surface area contributed by atoms with Gasteiger partial charge in [-0.05, 0) is 11.1 Å². The van der Waals surface area contributed by atoms with Crippen molar-refractivity contribution in [3.63, 3.8) is 0 Å². The van der Waals surface area contributed by atoms with Gasteiger partial charge in [-0.15, -0.1) is 0 Å². The molecule has 0 radical (unpaired) electrons. The van der Waals surface area contributed by atoms with Crippen LogP contribution >= 0.6 is 0 Å². The first kappa shape index (κ1) is 17.3. The summed E-state index contributed by atoms with van der Waals surface area (Å²) in [6, 6.07) is 22.1. The molecule has 26 heavy (non-hydrogen) atoms. The first-order chi connectivity index (χ1) is 12.6. The topological polar surface area (TPSA) is 70.9 Å². The molecule has 3 rings (SSSR count). The van der Waals surface area contributed by atoms with Gasteiger partial charge in [-0.1, -0.05) is 60.7 Å². The highest BCUT2D eigenvalue weighted by atomic mass is 15.4. The van der Waals surface area contributed by atoms with Crippen LogP contribution in [0.2, 0.25) is 0 Å². The minimum Gasteiger partial charge on any atom is -0.383 e. The lowest BCUT2D eigenvalue weighted by Gasteiger charge is -2.20. The van der Waals surface area contributed by atoms with Crippen LogP contribution in [-0.4, -0.2) is 28.8 Å². The number of nitrogens with zero attached hydrogens (tertiary/aromatic N) is 4. The molecule has 130 valence electrons. The zero-order valence-corrected chi connectivity index (χ0v) is 14.9. The molecule has 1 aromatic heterocycles. The van der Waals surface area contributed by atoms with Crippen LogP contribution in [0, 0.1) is 11.3 Å². The molecule has 0 spiro atoms. The van der Waals surface area contributed by atoms with E-state index in [9.17, 15) is 5.26 Å². The van der Waals surface area contributed by atoms with Gasteiger partial charge in [0, 0.05) is 26.1 Å². The summed E-state index contributed by atoms with van der Waals surface area (Å²) in [5, 5.41) is 14.2. The monoisotopic (exact) mass is 343 g/mol. The van der Waals surface area contributed by atoms with Crippen molar-refractivity contribution in [2.45, 2.75) is 6.42 Å². The van der Waals surface area contributed by atoms with Gasteiger partial charge in [0.2, 0.25) is 0 Å². The minimum atomic E-state index is 0.515. The molecule has 0 atom stereocenters. The van der Waals surface area contributed by atoms with Crippen molar-refractivity contribution < 1.29 is 0 Å². The number of nitriles is 1. The van der Waals surface area contributed by atoms with Crippen LogP contribution in [0.25, 0.3) is 16.9 Å². The maximum Gasteiger partial charge on any atom is 0.146 e. The third kappa shape index (κ3) is 3.45. The summed E-state index contributed by atoms with van der Waals surface area (Å²) >= 11 is 0. The summed E-state index contributed by atoms with van der Waals surface area (Å²) < 4.78 is 1.64. The Morgan fingerprint density at radius 1 is 1.08 bits per heavy atom. The minimum absolute atomic E-state index is 0.515. The first-order valence-corrected chi connectivity index (χ1v) is 8.35. The molecule has 3 aromatic rings. The van der Waals surface area contributed by atoms with E-state index in [0.29, 0.717) is 23.6 Å². The molecular weight excluding hydrogens is 322 g/mol. The molecule has 2 N–H and O–H groups in total. The van der Waals surface area contributed by atoms with Crippen molar-refractivity contribution in [3.8, 4) is 17.2 Å². The van der Waals surface area contributed by atoms with Gasteiger partial charge in [-0.3, -0.25) is 0 Å². The van der Waals surface area contributed by atoms with Crippen LogP contribution in [-0.2, 0) is 6.42 Å². The van der Waals surface area contributed by atoms with Crippen molar-refractivity contribution in [2.75, 3.05) is 19.8 Å². The SMILES string of the molecule is CN(C)C(=C(C#N)Cc1ccccc1)n1ncc(-c2ccccc2)c1N. The van der Waals surface area contributed by atoms with Gasteiger partial charge in [0.05, 0.1) is 17.8 Å². The zero-order chi connectivity index (χ0) is 18.5. The van der Waals surface area contributed by atoms with Crippen LogP contribution in [0.3, 0.4) is 0 Å². The average molecular weight is 343 g/mol. The summed E-state index contributed by atoms with van der Waals surface area (Å²) in [5.41, 5.74) is 9.91. The van der Waals surface area contributed by atoms with Gasteiger partial charge in [0.15, 0.2) is 0 Å². The molecule has 0 aliphatic carbocycles. The molecule has 0 fully saturated rings. The van der Waals surface area contributed by atoms with E-state index in [4.69, 9.17) is 5.73 Å². The second-order valence-corrected chi connectivity index (χ2v) is 6.19. The Balaban J connectivity index is 2.08. The van der Waals surface area contributed by atoms with E-state index in [-0.39, 0.29) is 0 Å². The number of allylic oxidation sites excluding steroid dienone is 1. The van der Waals surface area contributed by atoms with Crippen molar-refractivity contribution in [1.82, 2.24) is 14.7 Å². The van der Waals surface area contributed by atoms with E-state index in [2.05, 4.69) is 11.2 Å². The maximum absolute atomic E-state index is 9.77. The lowest BCUT2D eigenvalue weighted by molar-refractivity contribution is 0.537. The lowest BCUT2D eigenvalue weighted by atomic mass is 10.1. The van der Waals surface area contributed by atoms with Gasteiger partial charge in [-0.2, -0.15) is 10.4 Å². The molecular formula is C21H21N5. The second-order valence-electron chi connectivity index (χ2n) is 6.19. The molecule has 0 saturated heterocycles. The Bertz CT molecular complexity index is 947. The molecule has 0 unspecified atom stereocenters.